The Morgan fingerprint density at radius 2 is 1.62 bits per heavy atom. The van der Waals surface area contributed by atoms with E-state index in [1.54, 1.807) is 0 Å². The van der Waals surface area contributed by atoms with Crippen molar-refractivity contribution in [1.29, 1.82) is 0 Å². The minimum absolute atomic E-state index is 0.448. The first-order valence-electron chi connectivity index (χ1n) is 5.44. The van der Waals surface area contributed by atoms with Crippen LogP contribution in [0.5, 0.6) is 0 Å². The zero-order valence-electron chi connectivity index (χ0n) is 10.1. The minimum Gasteiger partial charge on any atom is -0.299 e. The second-order valence-electron chi connectivity index (χ2n) is 6.70. The molecule has 1 rings (SSSR count). The van der Waals surface area contributed by atoms with Gasteiger partial charge in [-0.1, -0.05) is 41.5 Å². The molecule has 78 valence electrons. The molecule has 0 radical (unpaired) electrons. The molecule has 0 aliphatic carbocycles. The Morgan fingerprint density at radius 3 is 1.85 bits per heavy atom. The van der Waals surface area contributed by atoms with Gasteiger partial charge in [0, 0.05) is 12.6 Å². The smallest absolute Gasteiger partial charge is 0.0156 e. The van der Waals surface area contributed by atoms with Crippen LogP contribution in [-0.4, -0.2) is 24.0 Å². The van der Waals surface area contributed by atoms with Crippen molar-refractivity contribution >= 4 is 0 Å². The molecule has 0 spiro atoms. The van der Waals surface area contributed by atoms with E-state index in [2.05, 4.69) is 46.4 Å². The van der Waals surface area contributed by atoms with Crippen LogP contribution in [0.15, 0.2) is 0 Å². The summed E-state index contributed by atoms with van der Waals surface area (Å²) in [4.78, 5) is 2.64. The summed E-state index contributed by atoms with van der Waals surface area (Å²) in [5.41, 5.74) is 0.910. The lowest BCUT2D eigenvalue weighted by atomic mass is 9.78. The molecule has 1 nitrogen and oxygen atoms in total. The average molecular weight is 183 g/mol. The van der Waals surface area contributed by atoms with E-state index in [0.717, 1.165) is 6.04 Å². The second kappa shape index (κ2) is 3.27. The van der Waals surface area contributed by atoms with Crippen LogP contribution < -0.4 is 0 Å². The first-order valence-corrected chi connectivity index (χ1v) is 5.44. The summed E-state index contributed by atoms with van der Waals surface area (Å²) in [5.74, 6) is 0. The number of hydrogen-bond acceptors (Lipinski definition) is 1. The molecule has 0 aromatic rings. The van der Waals surface area contributed by atoms with E-state index in [-0.39, 0.29) is 0 Å². The van der Waals surface area contributed by atoms with Crippen LogP contribution in [-0.2, 0) is 0 Å². The standard InChI is InChI=1S/C12H25N/c1-11(2,3)9-13-8-7-10(13)12(4,5)6/h10H,7-9H2,1-6H3. The lowest BCUT2D eigenvalue weighted by Gasteiger charge is -2.50. The predicted octanol–water partition coefficient (Wildman–Crippen LogP) is 3.15. The Balaban J connectivity index is 2.47. The first kappa shape index (κ1) is 11.0. The lowest BCUT2D eigenvalue weighted by molar-refractivity contribution is -0.0110. The van der Waals surface area contributed by atoms with Crippen LogP contribution in [0.25, 0.3) is 0 Å². The van der Waals surface area contributed by atoms with Gasteiger partial charge in [0.1, 0.15) is 0 Å². The van der Waals surface area contributed by atoms with Crippen molar-refractivity contribution in [2.45, 2.75) is 54.0 Å². The average Bonchev–Trinajstić information content (AvgIpc) is 1.73. The normalized spacial score (nSPS) is 25.8. The highest BCUT2D eigenvalue weighted by Crippen LogP contribution is 2.35. The van der Waals surface area contributed by atoms with E-state index < -0.39 is 0 Å². The zero-order chi connectivity index (χ0) is 10.3. The topological polar surface area (TPSA) is 3.24 Å². The largest absolute Gasteiger partial charge is 0.299 e. The molecule has 1 heterocycles. The fourth-order valence-electron chi connectivity index (χ4n) is 2.22. The Bertz CT molecular complexity index is 171. The second-order valence-corrected chi connectivity index (χ2v) is 6.70. The Kier molecular flexibility index (Phi) is 2.78. The highest BCUT2D eigenvalue weighted by atomic mass is 15.2. The van der Waals surface area contributed by atoms with Crippen LogP contribution >= 0.6 is 0 Å². The number of rotatable bonds is 1. The van der Waals surface area contributed by atoms with Crippen molar-refractivity contribution in [3.05, 3.63) is 0 Å². The van der Waals surface area contributed by atoms with Gasteiger partial charge in [0.25, 0.3) is 0 Å². The Labute approximate surface area is 83.5 Å². The summed E-state index contributed by atoms with van der Waals surface area (Å²) < 4.78 is 0. The van der Waals surface area contributed by atoms with Gasteiger partial charge in [0.2, 0.25) is 0 Å². The molecule has 0 bridgehead atoms. The fourth-order valence-corrected chi connectivity index (χ4v) is 2.22. The molecule has 1 heteroatoms. The van der Waals surface area contributed by atoms with Gasteiger partial charge >= 0.3 is 0 Å². The maximum Gasteiger partial charge on any atom is 0.0156 e. The molecule has 0 aromatic heterocycles. The van der Waals surface area contributed by atoms with Crippen LogP contribution in [0.4, 0.5) is 0 Å². The van der Waals surface area contributed by atoms with Crippen molar-refractivity contribution in [3.63, 3.8) is 0 Å². The van der Waals surface area contributed by atoms with Crippen molar-refractivity contribution < 1.29 is 0 Å². The number of nitrogens with zero attached hydrogens (tertiary/aromatic N) is 1. The summed E-state index contributed by atoms with van der Waals surface area (Å²) in [7, 11) is 0. The van der Waals surface area contributed by atoms with Crippen molar-refractivity contribution in [1.82, 2.24) is 4.90 Å². The molecule has 0 N–H and O–H groups in total. The van der Waals surface area contributed by atoms with Crippen LogP contribution in [0.1, 0.15) is 48.0 Å². The Morgan fingerprint density at radius 1 is 1.08 bits per heavy atom. The maximum atomic E-state index is 2.64. The third-order valence-electron chi connectivity index (χ3n) is 2.81. The molecule has 1 aliphatic rings. The molecule has 0 saturated carbocycles. The van der Waals surface area contributed by atoms with Gasteiger partial charge in [-0.15, -0.1) is 0 Å². The molecule has 1 fully saturated rings. The van der Waals surface area contributed by atoms with E-state index in [9.17, 15) is 0 Å². The van der Waals surface area contributed by atoms with Gasteiger partial charge in [-0.05, 0) is 23.8 Å². The van der Waals surface area contributed by atoms with E-state index >= 15 is 0 Å². The third kappa shape index (κ3) is 2.98. The predicted molar refractivity (Wildman–Crippen MR) is 58.9 cm³/mol. The molecule has 13 heavy (non-hydrogen) atoms. The van der Waals surface area contributed by atoms with Crippen molar-refractivity contribution in [3.8, 4) is 0 Å². The van der Waals surface area contributed by atoms with Crippen LogP contribution in [0, 0.1) is 10.8 Å². The molecule has 1 saturated heterocycles. The molecule has 1 unspecified atom stereocenters. The van der Waals surface area contributed by atoms with E-state index in [1.165, 1.54) is 19.5 Å². The van der Waals surface area contributed by atoms with Crippen LogP contribution in [0.3, 0.4) is 0 Å². The summed E-state index contributed by atoms with van der Waals surface area (Å²) in [6.45, 7) is 16.6. The highest BCUT2D eigenvalue weighted by Gasteiger charge is 2.38. The van der Waals surface area contributed by atoms with Crippen molar-refractivity contribution in [2.24, 2.45) is 10.8 Å². The third-order valence-corrected chi connectivity index (χ3v) is 2.81. The zero-order valence-corrected chi connectivity index (χ0v) is 10.1. The van der Waals surface area contributed by atoms with E-state index in [1.807, 2.05) is 0 Å². The van der Waals surface area contributed by atoms with E-state index in [0.29, 0.717) is 10.8 Å². The lowest BCUT2D eigenvalue weighted by Crippen LogP contribution is -2.56. The maximum absolute atomic E-state index is 2.64. The summed E-state index contributed by atoms with van der Waals surface area (Å²) >= 11 is 0. The molecule has 0 amide bonds. The van der Waals surface area contributed by atoms with Crippen LogP contribution in [0.2, 0.25) is 0 Å². The first-order chi connectivity index (χ1) is 5.70. The molecular formula is C12H25N. The van der Waals surface area contributed by atoms with Gasteiger partial charge in [-0.2, -0.15) is 0 Å². The van der Waals surface area contributed by atoms with Gasteiger partial charge < -0.3 is 0 Å². The molecule has 1 aliphatic heterocycles. The molecule has 0 aromatic carbocycles. The monoisotopic (exact) mass is 183 g/mol. The highest BCUT2D eigenvalue weighted by molar-refractivity contribution is 4.92. The SMILES string of the molecule is CC(C)(C)CN1CCC1C(C)(C)C. The number of likely N-dealkylation sites (tertiary alicyclic amines) is 1. The van der Waals surface area contributed by atoms with Crippen molar-refractivity contribution in [2.75, 3.05) is 13.1 Å². The fraction of sp³-hybridized carbons (Fsp3) is 1.00. The summed E-state index contributed by atoms with van der Waals surface area (Å²) in [6.07, 6.45) is 1.39. The quantitative estimate of drug-likeness (QED) is 0.603. The van der Waals surface area contributed by atoms with Gasteiger partial charge in [0.15, 0.2) is 0 Å². The molecular weight excluding hydrogens is 158 g/mol. The minimum atomic E-state index is 0.448. The summed E-state index contributed by atoms with van der Waals surface area (Å²) in [5, 5.41) is 0. The number of hydrogen-bond donors (Lipinski definition) is 0. The Hall–Kier alpha value is -0.0400. The van der Waals surface area contributed by atoms with Gasteiger partial charge in [0.05, 0.1) is 0 Å². The molecule has 1 atom stereocenters. The van der Waals surface area contributed by atoms with E-state index in [4.69, 9.17) is 0 Å². The van der Waals surface area contributed by atoms with Gasteiger partial charge in [-0.3, -0.25) is 4.90 Å². The van der Waals surface area contributed by atoms with Gasteiger partial charge in [-0.25, -0.2) is 0 Å². The summed E-state index contributed by atoms with van der Waals surface area (Å²) in [6, 6.07) is 0.812.